The van der Waals surface area contributed by atoms with Crippen molar-refractivity contribution in [1.29, 1.82) is 5.26 Å². The average Bonchev–Trinajstić information content (AvgIpc) is 3.53. The number of hydrogen-bond acceptors (Lipinski definition) is 9. The van der Waals surface area contributed by atoms with Crippen molar-refractivity contribution in [3.05, 3.63) is 58.6 Å². The Morgan fingerprint density at radius 1 is 1.00 bits per heavy atom. The van der Waals surface area contributed by atoms with Crippen molar-refractivity contribution >= 4 is 35.2 Å². The number of likely N-dealkylation sites (N-methyl/N-ethyl adjacent to an activating group) is 1. The van der Waals surface area contributed by atoms with Gasteiger partial charge in [-0.1, -0.05) is 60.1 Å². The first kappa shape index (κ1) is 43.3. The quantitative estimate of drug-likeness (QED) is 0.177. The van der Waals surface area contributed by atoms with Crippen LogP contribution < -0.4 is 25.4 Å². The van der Waals surface area contributed by atoms with Crippen molar-refractivity contribution in [2.75, 3.05) is 33.4 Å². The Labute approximate surface area is 329 Å². The first-order chi connectivity index (χ1) is 25.8. The Balaban J connectivity index is 1.14. The van der Waals surface area contributed by atoms with Gasteiger partial charge in [-0.25, -0.2) is 0 Å². The number of carbonyl (C=O) groups is 4. The van der Waals surface area contributed by atoms with Gasteiger partial charge in [-0.3, -0.25) is 19.2 Å². The van der Waals surface area contributed by atoms with Gasteiger partial charge in [-0.05, 0) is 61.1 Å². The third-order valence-electron chi connectivity index (χ3n) is 10.5. The summed E-state index contributed by atoms with van der Waals surface area (Å²) < 4.78 is 17.8. The van der Waals surface area contributed by atoms with Gasteiger partial charge in [0.05, 0.1) is 23.3 Å². The number of β-amino-alcohol motifs (C(OH)–C–C–N with tert-alkyl or cyclic N) is 1. The molecule has 0 bridgehead atoms. The van der Waals surface area contributed by atoms with E-state index in [0.29, 0.717) is 47.3 Å². The predicted octanol–water partition coefficient (Wildman–Crippen LogP) is 4.63. The summed E-state index contributed by atoms with van der Waals surface area (Å²) in [6, 6.07) is 12.2. The summed E-state index contributed by atoms with van der Waals surface area (Å²) in [7, 11) is 1.48. The van der Waals surface area contributed by atoms with Crippen LogP contribution in [0.5, 0.6) is 11.5 Å². The van der Waals surface area contributed by atoms with Crippen molar-refractivity contribution in [2.45, 2.75) is 104 Å². The van der Waals surface area contributed by atoms with E-state index in [1.807, 2.05) is 20.8 Å². The molecule has 3 atom stereocenters. The number of ether oxygens (including phenoxy) is 3. The Morgan fingerprint density at radius 2 is 1.64 bits per heavy atom. The average molecular weight is 782 g/mol. The number of unbranched alkanes of at least 4 members (excludes halogenated alkanes) is 2. The fourth-order valence-electron chi connectivity index (χ4n) is 7.84. The Morgan fingerprint density at radius 3 is 2.24 bits per heavy atom. The van der Waals surface area contributed by atoms with E-state index in [2.05, 4.69) is 49.7 Å². The smallest absolute Gasteiger partial charge is 0.251 e. The van der Waals surface area contributed by atoms with Crippen LogP contribution in [0.25, 0.3) is 0 Å². The predicted molar refractivity (Wildman–Crippen MR) is 208 cm³/mol. The zero-order valence-corrected chi connectivity index (χ0v) is 33.9. The number of aliphatic hydroxyl groups excluding tert-OH is 1. The summed E-state index contributed by atoms with van der Waals surface area (Å²) in [5.41, 5.74) is -0.501. The molecule has 14 heteroatoms. The van der Waals surface area contributed by atoms with Crippen LogP contribution in [0.3, 0.4) is 0 Å². The molecule has 4 amide bonds. The molecule has 1 saturated carbocycles. The summed E-state index contributed by atoms with van der Waals surface area (Å²) in [4.78, 5) is 53.1. The van der Waals surface area contributed by atoms with Gasteiger partial charge in [0.25, 0.3) is 5.91 Å². The second kappa shape index (κ2) is 18.0. The molecule has 300 valence electrons. The van der Waals surface area contributed by atoms with Crippen molar-refractivity contribution in [1.82, 2.24) is 20.9 Å². The summed E-state index contributed by atoms with van der Waals surface area (Å²) in [6.45, 7) is 14.3. The SMILES string of the molecule is CNC(=O)[C@@H]1C[C@@H](O)CN1C(=O)C(NC(=O)COCCCCCOc1ccc(C(=O)N[C@H]2C(C)(C)[C@H](Oc3ccc(C#N)c(Cl)c3)C2(C)C)cc1)C(C)(C)C. The number of carbonyl (C=O) groups excluding carboxylic acids is 4. The first-order valence-electron chi connectivity index (χ1n) is 18.8. The molecule has 4 N–H and O–H groups in total. The first-order valence-corrected chi connectivity index (χ1v) is 19.2. The third-order valence-corrected chi connectivity index (χ3v) is 10.8. The highest BCUT2D eigenvalue weighted by Crippen LogP contribution is 2.55. The van der Waals surface area contributed by atoms with E-state index in [-0.39, 0.29) is 54.4 Å². The lowest BCUT2D eigenvalue weighted by molar-refractivity contribution is -0.164. The number of amides is 4. The van der Waals surface area contributed by atoms with E-state index in [9.17, 15) is 24.3 Å². The van der Waals surface area contributed by atoms with Crippen LogP contribution in [0.15, 0.2) is 42.5 Å². The number of rotatable bonds is 16. The molecule has 1 aliphatic carbocycles. The lowest BCUT2D eigenvalue weighted by atomic mass is 9.49. The van der Waals surface area contributed by atoms with Crippen molar-refractivity contribution in [2.24, 2.45) is 16.2 Å². The molecule has 2 fully saturated rings. The molecule has 13 nitrogen and oxygen atoms in total. The topological polar surface area (TPSA) is 179 Å². The van der Waals surface area contributed by atoms with Crippen molar-refractivity contribution in [3.63, 3.8) is 0 Å². The lowest BCUT2D eigenvalue weighted by Crippen LogP contribution is -2.74. The van der Waals surface area contributed by atoms with Gasteiger partial charge >= 0.3 is 0 Å². The van der Waals surface area contributed by atoms with Crippen LogP contribution in [0.1, 0.15) is 90.1 Å². The lowest BCUT2D eigenvalue weighted by Gasteiger charge is -2.63. The van der Waals surface area contributed by atoms with Gasteiger partial charge in [-0.2, -0.15) is 5.26 Å². The minimum atomic E-state index is -0.903. The van der Waals surface area contributed by atoms with Crippen LogP contribution in [-0.2, 0) is 19.1 Å². The molecule has 1 unspecified atom stereocenters. The van der Waals surface area contributed by atoms with Crippen LogP contribution in [0.2, 0.25) is 5.02 Å². The monoisotopic (exact) mass is 781 g/mol. The fourth-order valence-corrected chi connectivity index (χ4v) is 8.05. The summed E-state index contributed by atoms with van der Waals surface area (Å²) in [5.74, 6) is -0.174. The highest BCUT2D eigenvalue weighted by molar-refractivity contribution is 6.31. The molecule has 0 aromatic heterocycles. The highest BCUT2D eigenvalue weighted by atomic mass is 35.5. The molecule has 0 radical (unpaired) electrons. The summed E-state index contributed by atoms with van der Waals surface area (Å²) in [6.07, 6.45) is 1.40. The molecule has 2 aliphatic rings. The van der Waals surface area contributed by atoms with E-state index in [1.54, 1.807) is 42.5 Å². The molecule has 2 aromatic rings. The molecule has 1 heterocycles. The van der Waals surface area contributed by atoms with E-state index in [4.69, 9.17) is 31.1 Å². The Bertz CT molecular complexity index is 1720. The fraction of sp³-hybridized carbons (Fsp3) is 0.585. The van der Waals surface area contributed by atoms with Crippen LogP contribution >= 0.6 is 11.6 Å². The van der Waals surface area contributed by atoms with Gasteiger partial charge in [0.15, 0.2) is 0 Å². The third kappa shape index (κ3) is 10.5. The number of hydrogen-bond donors (Lipinski definition) is 4. The number of benzene rings is 2. The maximum absolute atomic E-state index is 13.4. The Kier molecular flexibility index (Phi) is 14.2. The van der Waals surface area contributed by atoms with Gasteiger partial charge < -0.3 is 40.2 Å². The minimum absolute atomic E-state index is 0.0258. The second-order valence-corrected chi connectivity index (χ2v) is 17.1. The molecule has 1 saturated heterocycles. The number of aliphatic hydroxyl groups is 1. The molecular weight excluding hydrogens is 726 g/mol. The maximum Gasteiger partial charge on any atom is 0.251 e. The van der Waals surface area contributed by atoms with Gasteiger partial charge in [0.1, 0.15) is 42.4 Å². The van der Waals surface area contributed by atoms with Gasteiger partial charge in [0, 0.05) is 55.1 Å². The molecule has 55 heavy (non-hydrogen) atoms. The molecular formula is C41H56ClN5O8. The Hall–Kier alpha value is -4.38. The largest absolute Gasteiger partial charge is 0.494 e. The van der Waals surface area contributed by atoms with Crippen LogP contribution in [0, 0.1) is 27.6 Å². The zero-order chi connectivity index (χ0) is 40.7. The number of likely N-dealkylation sites (tertiary alicyclic amines) is 1. The maximum atomic E-state index is 13.4. The molecule has 1 aliphatic heterocycles. The second-order valence-electron chi connectivity index (χ2n) is 16.7. The molecule has 2 aromatic carbocycles. The number of nitrogens with zero attached hydrogens (tertiary/aromatic N) is 2. The van der Waals surface area contributed by atoms with Crippen LogP contribution in [-0.4, -0.2) is 97.4 Å². The zero-order valence-electron chi connectivity index (χ0n) is 33.2. The van der Waals surface area contributed by atoms with Gasteiger partial charge in [-0.15, -0.1) is 0 Å². The van der Waals surface area contributed by atoms with E-state index in [1.165, 1.54) is 11.9 Å². The standard InChI is InChI=1S/C41H56ClN5O8/c1-39(2,3)33(36(52)47-23-27(48)20-31(47)35(51)44-8)45-32(49)24-53-18-10-9-11-19-54-28-15-12-25(13-16-28)34(50)46-37-40(4,5)38(41(37,6)7)55-29-17-14-26(22-43)30(42)21-29/h12-17,21,27,31,33,37-38,48H,9-11,18-20,23-24H2,1-8H3,(H,44,51)(H,45,49)(H,46,50)/t27-,31+,33?,37-,38-/m1/s1. The van der Waals surface area contributed by atoms with Gasteiger partial charge in [0.2, 0.25) is 17.7 Å². The van der Waals surface area contributed by atoms with E-state index >= 15 is 0 Å². The van der Waals surface area contributed by atoms with E-state index < -0.39 is 35.4 Å². The minimum Gasteiger partial charge on any atom is -0.494 e. The number of halogens is 1. The van der Waals surface area contributed by atoms with Crippen molar-refractivity contribution < 1.29 is 38.5 Å². The number of nitriles is 1. The van der Waals surface area contributed by atoms with Crippen LogP contribution in [0.4, 0.5) is 0 Å². The number of nitrogens with one attached hydrogen (secondary N) is 3. The summed E-state index contributed by atoms with van der Waals surface area (Å²) >= 11 is 6.21. The summed E-state index contributed by atoms with van der Waals surface area (Å²) in [5, 5.41) is 28.1. The highest BCUT2D eigenvalue weighted by Gasteiger charge is 2.64. The molecule has 0 spiro atoms. The molecule has 4 rings (SSSR count). The van der Waals surface area contributed by atoms with Crippen molar-refractivity contribution in [3.8, 4) is 17.6 Å². The normalized spacial score (nSPS) is 21.7. The van der Waals surface area contributed by atoms with E-state index in [0.717, 1.165) is 12.8 Å².